The van der Waals surface area contributed by atoms with Crippen LogP contribution in [-0.4, -0.2) is 45.3 Å². The standard InChI is InChI=1S/C16H22BrN5O2S/c1-15(2,3)24-14(23)21-16(4)5-7-22(8-6-16)13-20-11-12(25-13)18-9-10(17)19-11/h9H,5-8H2,1-4H3,(H,21,23). The van der Waals surface area contributed by atoms with E-state index in [1.807, 2.05) is 20.8 Å². The minimum atomic E-state index is -0.490. The van der Waals surface area contributed by atoms with Gasteiger partial charge in [-0.25, -0.2) is 14.8 Å². The van der Waals surface area contributed by atoms with E-state index in [-0.39, 0.29) is 11.6 Å². The van der Waals surface area contributed by atoms with E-state index in [9.17, 15) is 4.79 Å². The number of rotatable bonds is 2. The van der Waals surface area contributed by atoms with Gasteiger partial charge < -0.3 is 15.0 Å². The van der Waals surface area contributed by atoms with Gasteiger partial charge in [-0.15, -0.1) is 0 Å². The molecule has 1 N–H and O–H groups in total. The molecule has 1 aliphatic rings. The van der Waals surface area contributed by atoms with Crippen molar-refractivity contribution in [2.45, 2.75) is 51.7 Å². The normalized spacial score (nSPS) is 17.6. The van der Waals surface area contributed by atoms with E-state index in [1.54, 1.807) is 17.5 Å². The summed E-state index contributed by atoms with van der Waals surface area (Å²) in [5.74, 6) is 0. The first-order chi connectivity index (χ1) is 11.6. The summed E-state index contributed by atoms with van der Waals surface area (Å²) in [6.45, 7) is 9.29. The van der Waals surface area contributed by atoms with Gasteiger partial charge >= 0.3 is 6.09 Å². The van der Waals surface area contributed by atoms with Crippen molar-refractivity contribution in [2.24, 2.45) is 0 Å². The van der Waals surface area contributed by atoms with Gasteiger partial charge in [-0.1, -0.05) is 11.3 Å². The molecule has 1 amide bonds. The summed E-state index contributed by atoms with van der Waals surface area (Å²) in [4.78, 5) is 28.4. The molecule has 1 fully saturated rings. The number of alkyl carbamates (subject to hydrolysis) is 1. The maximum Gasteiger partial charge on any atom is 0.408 e. The molecule has 2 aromatic heterocycles. The van der Waals surface area contributed by atoms with E-state index in [2.05, 4.69) is 48.0 Å². The number of carbonyl (C=O) groups is 1. The molecule has 0 radical (unpaired) electrons. The Morgan fingerprint density at radius 3 is 2.68 bits per heavy atom. The van der Waals surface area contributed by atoms with Crippen LogP contribution in [0.15, 0.2) is 10.8 Å². The van der Waals surface area contributed by atoms with Crippen molar-refractivity contribution in [1.82, 2.24) is 20.3 Å². The second-order valence-electron chi connectivity index (χ2n) is 7.49. The zero-order chi connectivity index (χ0) is 18.2. The highest BCUT2D eigenvalue weighted by atomic mass is 79.9. The number of aromatic nitrogens is 3. The van der Waals surface area contributed by atoms with Crippen LogP contribution in [0.2, 0.25) is 0 Å². The predicted octanol–water partition coefficient (Wildman–Crippen LogP) is 3.73. The molecule has 1 aliphatic heterocycles. The van der Waals surface area contributed by atoms with Crippen molar-refractivity contribution in [3.63, 3.8) is 0 Å². The Kier molecular flexibility index (Phi) is 4.89. The number of ether oxygens (including phenoxy) is 1. The van der Waals surface area contributed by atoms with Gasteiger partial charge in [0.15, 0.2) is 15.6 Å². The molecule has 0 aromatic carbocycles. The van der Waals surface area contributed by atoms with Gasteiger partial charge in [0.25, 0.3) is 0 Å². The van der Waals surface area contributed by atoms with Gasteiger partial charge in [-0.3, -0.25) is 0 Å². The summed E-state index contributed by atoms with van der Waals surface area (Å²) >= 11 is 4.86. The molecule has 3 heterocycles. The number of halogens is 1. The van der Waals surface area contributed by atoms with Crippen molar-refractivity contribution in [2.75, 3.05) is 18.0 Å². The Morgan fingerprint density at radius 2 is 2.04 bits per heavy atom. The van der Waals surface area contributed by atoms with Crippen LogP contribution >= 0.6 is 27.3 Å². The highest BCUT2D eigenvalue weighted by molar-refractivity contribution is 9.10. The monoisotopic (exact) mass is 427 g/mol. The average molecular weight is 428 g/mol. The van der Waals surface area contributed by atoms with Gasteiger partial charge in [0.05, 0.1) is 6.20 Å². The Labute approximate surface area is 159 Å². The van der Waals surface area contributed by atoms with Gasteiger partial charge in [-0.05, 0) is 56.5 Å². The van der Waals surface area contributed by atoms with Gasteiger partial charge in [-0.2, -0.15) is 4.98 Å². The number of carbonyl (C=O) groups excluding carboxylic acids is 1. The molecule has 0 aliphatic carbocycles. The van der Waals surface area contributed by atoms with E-state index in [4.69, 9.17) is 4.74 Å². The highest BCUT2D eigenvalue weighted by Gasteiger charge is 2.34. The first-order valence-corrected chi connectivity index (χ1v) is 9.80. The number of piperidine rings is 1. The van der Waals surface area contributed by atoms with E-state index in [0.29, 0.717) is 10.3 Å². The van der Waals surface area contributed by atoms with Crippen molar-refractivity contribution in [1.29, 1.82) is 0 Å². The minimum absolute atomic E-state index is 0.269. The highest BCUT2D eigenvalue weighted by Crippen LogP contribution is 2.31. The SMILES string of the molecule is CC1(NC(=O)OC(C)(C)C)CCN(c2nc3nc(Br)cnc3s2)CC1. The summed E-state index contributed by atoms with van der Waals surface area (Å²) < 4.78 is 6.06. The molecule has 1 saturated heterocycles. The number of hydrogen-bond acceptors (Lipinski definition) is 7. The predicted molar refractivity (Wildman–Crippen MR) is 102 cm³/mol. The molecule has 0 bridgehead atoms. The molecule has 9 heteroatoms. The van der Waals surface area contributed by atoms with Crippen molar-refractivity contribution >= 4 is 49.0 Å². The van der Waals surface area contributed by atoms with Crippen LogP contribution in [0, 0.1) is 0 Å². The van der Waals surface area contributed by atoms with Crippen LogP contribution in [0.1, 0.15) is 40.5 Å². The summed E-state index contributed by atoms with van der Waals surface area (Å²) in [5.41, 5.74) is -0.0968. The van der Waals surface area contributed by atoms with Crippen molar-refractivity contribution in [3.05, 3.63) is 10.8 Å². The lowest BCUT2D eigenvalue weighted by Crippen LogP contribution is -2.54. The Hall–Kier alpha value is -1.48. The Balaban J connectivity index is 1.63. The van der Waals surface area contributed by atoms with Crippen LogP contribution in [0.4, 0.5) is 9.93 Å². The molecule has 7 nitrogen and oxygen atoms in total. The maximum absolute atomic E-state index is 12.1. The topological polar surface area (TPSA) is 80.2 Å². The third-order valence-electron chi connectivity index (χ3n) is 4.02. The van der Waals surface area contributed by atoms with Crippen LogP contribution < -0.4 is 10.2 Å². The summed E-state index contributed by atoms with van der Waals surface area (Å²) in [7, 11) is 0. The molecule has 3 rings (SSSR count). The maximum atomic E-state index is 12.1. The fourth-order valence-electron chi connectivity index (χ4n) is 2.69. The fraction of sp³-hybridized carbons (Fsp3) is 0.625. The largest absolute Gasteiger partial charge is 0.444 e. The van der Waals surface area contributed by atoms with Crippen molar-refractivity contribution in [3.8, 4) is 0 Å². The quantitative estimate of drug-likeness (QED) is 0.785. The summed E-state index contributed by atoms with van der Waals surface area (Å²) in [6, 6.07) is 0. The Bertz CT molecular complexity index is 780. The van der Waals surface area contributed by atoms with Crippen LogP contribution in [-0.2, 0) is 4.74 Å². The Morgan fingerprint density at radius 1 is 1.36 bits per heavy atom. The lowest BCUT2D eigenvalue weighted by Gasteiger charge is -2.40. The summed E-state index contributed by atoms with van der Waals surface area (Å²) in [6.07, 6.45) is 2.98. The summed E-state index contributed by atoms with van der Waals surface area (Å²) in [5, 5.41) is 3.95. The number of hydrogen-bond donors (Lipinski definition) is 1. The zero-order valence-electron chi connectivity index (χ0n) is 14.8. The second-order valence-corrected chi connectivity index (χ2v) is 9.26. The number of nitrogens with zero attached hydrogens (tertiary/aromatic N) is 4. The van der Waals surface area contributed by atoms with Crippen LogP contribution in [0.25, 0.3) is 10.5 Å². The molecule has 0 spiro atoms. The van der Waals surface area contributed by atoms with E-state index in [1.165, 1.54) is 0 Å². The smallest absolute Gasteiger partial charge is 0.408 e. The van der Waals surface area contributed by atoms with Gasteiger partial charge in [0.2, 0.25) is 0 Å². The van der Waals surface area contributed by atoms with Crippen LogP contribution in [0.3, 0.4) is 0 Å². The van der Waals surface area contributed by atoms with Gasteiger partial charge in [0.1, 0.15) is 10.2 Å². The van der Waals surface area contributed by atoms with Crippen molar-refractivity contribution < 1.29 is 9.53 Å². The third kappa shape index (κ3) is 4.58. The number of fused-ring (bicyclic) bond motifs is 1. The van der Waals surface area contributed by atoms with Gasteiger partial charge in [0, 0.05) is 18.6 Å². The molecule has 0 atom stereocenters. The molecule has 0 unspecified atom stereocenters. The molecule has 2 aromatic rings. The number of amides is 1. The molecule has 136 valence electrons. The first-order valence-electron chi connectivity index (χ1n) is 8.19. The van der Waals surface area contributed by atoms with E-state index in [0.717, 1.165) is 35.9 Å². The second kappa shape index (κ2) is 6.68. The first kappa shape index (κ1) is 18.3. The number of anilines is 1. The minimum Gasteiger partial charge on any atom is -0.444 e. The lowest BCUT2D eigenvalue weighted by molar-refractivity contribution is 0.0448. The molecular formula is C16H22BrN5O2S. The third-order valence-corrected chi connectivity index (χ3v) is 5.42. The van der Waals surface area contributed by atoms with E-state index < -0.39 is 5.60 Å². The fourth-order valence-corrected chi connectivity index (χ4v) is 3.87. The molecule has 0 saturated carbocycles. The van der Waals surface area contributed by atoms with Crippen LogP contribution in [0.5, 0.6) is 0 Å². The zero-order valence-corrected chi connectivity index (χ0v) is 17.2. The average Bonchev–Trinajstić information content (AvgIpc) is 2.88. The molecule has 25 heavy (non-hydrogen) atoms. The van der Waals surface area contributed by atoms with E-state index >= 15 is 0 Å². The number of thiazole rings is 1. The number of nitrogens with one attached hydrogen (secondary N) is 1. The molecular weight excluding hydrogens is 406 g/mol. The lowest BCUT2D eigenvalue weighted by atomic mass is 9.90.